The fourth-order valence-corrected chi connectivity index (χ4v) is 5.03. The zero-order chi connectivity index (χ0) is 28.4. The van der Waals surface area contributed by atoms with Crippen molar-refractivity contribution < 1.29 is 19.1 Å². The molecule has 1 fully saturated rings. The van der Waals surface area contributed by atoms with E-state index in [1.54, 1.807) is 37.4 Å². The monoisotopic (exact) mass is 553 g/mol. The van der Waals surface area contributed by atoms with Gasteiger partial charge in [-0.15, -0.1) is 0 Å². The highest BCUT2D eigenvalue weighted by molar-refractivity contribution is 7.98. The van der Waals surface area contributed by atoms with Crippen molar-refractivity contribution in [1.82, 2.24) is 15.5 Å². The number of nitrogens with zero attached hydrogens (tertiary/aromatic N) is 1. The zero-order valence-electron chi connectivity index (χ0n) is 23.9. The Kier molecular flexibility index (Phi) is 11.3. The van der Waals surface area contributed by atoms with Crippen LogP contribution in [0.2, 0.25) is 0 Å². The third-order valence-electron chi connectivity index (χ3n) is 6.86. The topological polar surface area (TPSA) is 87.7 Å². The van der Waals surface area contributed by atoms with E-state index in [1.165, 1.54) is 0 Å². The van der Waals surface area contributed by atoms with Crippen molar-refractivity contribution in [3.05, 3.63) is 71.3 Å². The summed E-state index contributed by atoms with van der Waals surface area (Å²) in [6, 6.07) is 16.0. The van der Waals surface area contributed by atoms with Gasteiger partial charge in [-0.25, -0.2) is 4.79 Å². The van der Waals surface area contributed by atoms with E-state index in [1.807, 2.05) is 60.9 Å². The number of amides is 3. The van der Waals surface area contributed by atoms with Crippen LogP contribution in [0.25, 0.3) is 0 Å². The quantitative estimate of drug-likeness (QED) is 0.356. The molecule has 2 atom stereocenters. The lowest BCUT2D eigenvalue weighted by atomic mass is 9.87. The highest BCUT2D eigenvalue weighted by Crippen LogP contribution is 2.34. The van der Waals surface area contributed by atoms with Crippen molar-refractivity contribution in [3.8, 4) is 0 Å². The SMILES string of the molecule is CCc1ccc(C(C(=O)NCc2ccccc2)N(C(=O)C(CCSC)NC(=O)OC(C)(C)C)C2CCC2)cc1. The molecular formula is C31H43N3O4S. The lowest BCUT2D eigenvalue weighted by Crippen LogP contribution is -2.57. The molecule has 8 heteroatoms. The molecule has 39 heavy (non-hydrogen) atoms. The van der Waals surface area contributed by atoms with Gasteiger partial charge in [-0.05, 0) is 81.6 Å². The average molecular weight is 554 g/mol. The summed E-state index contributed by atoms with van der Waals surface area (Å²) in [5.41, 5.74) is 2.22. The summed E-state index contributed by atoms with van der Waals surface area (Å²) in [7, 11) is 0. The molecule has 0 spiro atoms. The number of benzene rings is 2. The van der Waals surface area contributed by atoms with Crippen LogP contribution in [-0.2, 0) is 27.3 Å². The molecule has 2 N–H and O–H groups in total. The second kappa shape index (κ2) is 14.4. The van der Waals surface area contributed by atoms with Crippen LogP contribution in [0.1, 0.15) is 76.1 Å². The van der Waals surface area contributed by atoms with Gasteiger partial charge in [0, 0.05) is 12.6 Å². The number of hydrogen-bond donors (Lipinski definition) is 2. The van der Waals surface area contributed by atoms with Gasteiger partial charge >= 0.3 is 6.09 Å². The fourth-order valence-electron chi connectivity index (χ4n) is 4.56. The van der Waals surface area contributed by atoms with Gasteiger partial charge in [0.15, 0.2) is 0 Å². The molecule has 3 amide bonds. The first-order chi connectivity index (χ1) is 18.6. The first kappa shape index (κ1) is 30.5. The van der Waals surface area contributed by atoms with E-state index in [9.17, 15) is 14.4 Å². The fraction of sp³-hybridized carbons (Fsp3) is 0.516. The summed E-state index contributed by atoms with van der Waals surface area (Å²) in [5, 5.41) is 5.89. The molecule has 2 aromatic rings. The smallest absolute Gasteiger partial charge is 0.408 e. The molecule has 1 aliphatic rings. The molecule has 212 valence electrons. The van der Waals surface area contributed by atoms with Gasteiger partial charge in [0.05, 0.1) is 0 Å². The minimum atomic E-state index is -0.811. The molecule has 0 aliphatic heterocycles. The van der Waals surface area contributed by atoms with Crippen LogP contribution < -0.4 is 10.6 Å². The van der Waals surface area contributed by atoms with Crippen molar-refractivity contribution >= 4 is 29.7 Å². The molecule has 0 heterocycles. The Morgan fingerprint density at radius 1 is 1.03 bits per heavy atom. The van der Waals surface area contributed by atoms with Crippen LogP contribution in [0, 0.1) is 0 Å². The number of aryl methyl sites for hydroxylation is 1. The molecule has 3 rings (SSSR count). The van der Waals surface area contributed by atoms with E-state index < -0.39 is 23.8 Å². The van der Waals surface area contributed by atoms with Crippen LogP contribution in [-0.4, -0.2) is 52.5 Å². The maximum absolute atomic E-state index is 14.3. The largest absolute Gasteiger partial charge is 0.444 e. The Labute approximate surface area is 237 Å². The third kappa shape index (κ3) is 9.02. The number of rotatable bonds is 12. The summed E-state index contributed by atoms with van der Waals surface area (Å²) < 4.78 is 5.48. The summed E-state index contributed by atoms with van der Waals surface area (Å²) in [5.74, 6) is 0.198. The Balaban J connectivity index is 1.95. The third-order valence-corrected chi connectivity index (χ3v) is 7.51. The van der Waals surface area contributed by atoms with Crippen molar-refractivity contribution in [3.63, 3.8) is 0 Å². The van der Waals surface area contributed by atoms with Gasteiger partial charge in [0.1, 0.15) is 17.7 Å². The highest BCUT2D eigenvalue weighted by atomic mass is 32.2. The van der Waals surface area contributed by atoms with E-state index in [0.29, 0.717) is 18.7 Å². The van der Waals surface area contributed by atoms with Gasteiger partial charge in [-0.3, -0.25) is 9.59 Å². The van der Waals surface area contributed by atoms with Crippen LogP contribution >= 0.6 is 11.8 Å². The number of alkyl carbamates (subject to hydrolysis) is 1. The van der Waals surface area contributed by atoms with Crippen LogP contribution in [0.5, 0.6) is 0 Å². The molecule has 2 aromatic carbocycles. The number of carbonyl (C=O) groups excluding carboxylic acids is 3. The van der Waals surface area contributed by atoms with Crippen molar-refractivity contribution in [1.29, 1.82) is 0 Å². The summed E-state index contributed by atoms with van der Waals surface area (Å²) in [6.07, 6.45) is 5.30. The predicted molar refractivity (Wildman–Crippen MR) is 157 cm³/mol. The number of carbonyl (C=O) groups is 3. The van der Waals surface area contributed by atoms with Crippen molar-refractivity contribution in [2.45, 2.75) is 90.1 Å². The summed E-state index contributed by atoms with van der Waals surface area (Å²) in [4.78, 5) is 42.6. The van der Waals surface area contributed by atoms with E-state index in [-0.39, 0.29) is 17.9 Å². The second-order valence-electron chi connectivity index (χ2n) is 11.0. The number of thioether (sulfide) groups is 1. The molecule has 2 unspecified atom stereocenters. The molecule has 0 bridgehead atoms. The van der Waals surface area contributed by atoms with Gasteiger partial charge in [0.25, 0.3) is 0 Å². The average Bonchev–Trinajstić information content (AvgIpc) is 2.88. The highest BCUT2D eigenvalue weighted by Gasteiger charge is 2.41. The molecule has 0 radical (unpaired) electrons. The van der Waals surface area contributed by atoms with E-state index in [4.69, 9.17) is 4.74 Å². The Morgan fingerprint density at radius 2 is 1.69 bits per heavy atom. The van der Waals surface area contributed by atoms with Crippen molar-refractivity contribution in [2.24, 2.45) is 0 Å². The number of nitrogens with one attached hydrogen (secondary N) is 2. The van der Waals surface area contributed by atoms with Crippen LogP contribution in [0.15, 0.2) is 54.6 Å². The second-order valence-corrected chi connectivity index (χ2v) is 12.0. The van der Waals surface area contributed by atoms with Crippen molar-refractivity contribution in [2.75, 3.05) is 12.0 Å². The van der Waals surface area contributed by atoms with E-state index in [2.05, 4.69) is 17.6 Å². The minimum Gasteiger partial charge on any atom is -0.444 e. The molecule has 7 nitrogen and oxygen atoms in total. The lowest BCUT2D eigenvalue weighted by molar-refractivity contribution is -0.147. The Hall–Kier alpha value is -3.00. The maximum Gasteiger partial charge on any atom is 0.408 e. The Morgan fingerprint density at radius 3 is 2.23 bits per heavy atom. The summed E-state index contributed by atoms with van der Waals surface area (Å²) >= 11 is 1.61. The number of ether oxygens (including phenoxy) is 1. The minimum absolute atomic E-state index is 0.0759. The zero-order valence-corrected chi connectivity index (χ0v) is 24.7. The molecule has 1 saturated carbocycles. The van der Waals surface area contributed by atoms with Crippen LogP contribution in [0.3, 0.4) is 0 Å². The molecule has 1 aliphatic carbocycles. The maximum atomic E-state index is 14.3. The van der Waals surface area contributed by atoms with E-state index >= 15 is 0 Å². The first-order valence-corrected chi connectivity index (χ1v) is 15.2. The van der Waals surface area contributed by atoms with Crippen LogP contribution in [0.4, 0.5) is 4.79 Å². The predicted octanol–water partition coefficient (Wildman–Crippen LogP) is 5.63. The number of hydrogen-bond acceptors (Lipinski definition) is 5. The normalized spacial score (nSPS) is 15.0. The van der Waals surface area contributed by atoms with Gasteiger partial charge in [-0.1, -0.05) is 61.5 Å². The van der Waals surface area contributed by atoms with Gasteiger partial charge in [-0.2, -0.15) is 11.8 Å². The standard InChI is InChI=1S/C31H43N3O4S/c1-6-22-15-17-24(18-16-22)27(28(35)32-21-23-11-8-7-9-12-23)34(25-13-10-14-25)29(36)26(19-20-39-5)33-30(37)38-31(2,3)4/h7-9,11-12,15-18,25-27H,6,10,13-14,19-21H2,1-5H3,(H,32,35)(H,33,37). The molecule has 0 saturated heterocycles. The van der Waals surface area contributed by atoms with Gasteiger partial charge < -0.3 is 20.3 Å². The van der Waals surface area contributed by atoms with E-state index in [0.717, 1.165) is 42.4 Å². The summed E-state index contributed by atoms with van der Waals surface area (Å²) in [6.45, 7) is 7.82. The lowest BCUT2D eigenvalue weighted by Gasteiger charge is -2.43. The molecular weight excluding hydrogens is 510 g/mol. The van der Waals surface area contributed by atoms with Gasteiger partial charge in [0.2, 0.25) is 11.8 Å². The Bertz CT molecular complexity index is 1080. The molecule has 0 aromatic heterocycles. The first-order valence-electron chi connectivity index (χ1n) is 13.8.